The predicted molar refractivity (Wildman–Crippen MR) is 81.9 cm³/mol. The largest absolute Gasteiger partial charge is 0.487 e. The molecule has 2 rings (SSSR count). The smallest absolute Gasteiger partial charge is 0.310 e. The molecule has 1 aliphatic heterocycles. The van der Waals surface area contributed by atoms with Gasteiger partial charge in [-0.25, -0.2) is 0 Å². The number of ether oxygens (including phenoxy) is 1. The van der Waals surface area contributed by atoms with Gasteiger partial charge in [-0.1, -0.05) is 12.1 Å². The van der Waals surface area contributed by atoms with E-state index < -0.39 is 4.92 Å². The molecule has 7 heteroatoms. The molecule has 1 aromatic rings. The third-order valence-corrected chi connectivity index (χ3v) is 3.55. The Balaban J connectivity index is 1.75. The van der Waals surface area contributed by atoms with E-state index in [1.54, 1.807) is 18.2 Å². The number of rotatable bonds is 6. The van der Waals surface area contributed by atoms with Crippen molar-refractivity contribution in [3.63, 3.8) is 0 Å². The Kier molecular flexibility index (Phi) is 6.14. The predicted octanol–water partition coefficient (Wildman–Crippen LogP) is 1.58. The number of nitrogens with one attached hydrogen (secondary N) is 1. The molecule has 0 unspecified atom stereocenters. The van der Waals surface area contributed by atoms with Crippen molar-refractivity contribution in [3.05, 3.63) is 34.4 Å². The second kappa shape index (κ2) is 8.33. The molecule has 120 valence electrons. The minimum absolute atomic E-state index is 0.0487. The molecular formula is C15H21N3O4. The zero-order valence-electron chi connectivity index (χ0n) is 12.5. The number of para-hydroxylation sites is 2. The highest BCUT2D eigenvalue weighted by Gasteiger charge is 2.16. The lowest BCUT2D eigenvalue weighted by Crippen LogP contribution is -2.34. The Labute approximate surface area is 129 Å². The first-order valence-electron chi connectivity index (χ1n) is 7.53. The third kappa shape index (κ3) is 4.70. The summed E-state index contributed by atoms with van der Waals surface area (Å²) in [5.41, 5.74) is -0.0487. The molecule has 1 fully saturated rings. The first-order chi connectivity index (χ1) is 10.7. The second-order valence-corrected chi connectivity index (χ2v) is 5.16. The Hall–Kier alpha value is -2.15. The zero-order valence-corrected chi connectivity index (χ0v) is 12.5. The summed E-state index contributed by atoms with van der Waals surface area (Å²) in [5.74, 6) is 0.369. The quantitative estimate of drug-likeness (QED) is 0.490. The van der Waals surface area contributed by atoms with Gasteiger partial charge < -0.3 is 15.0 Å². The standard InChI is InChI=1S/C15H21N3O4/c19-15(17-10-4-8-16-9-11-17)7-3-12-22-14-6-2-1-5-13(14)18(20)21/h1-2,5-6,16H,3-4,7-12H2. The molecule has 1 aromatic carbocycles. The minimum atomic E-state index is -0.468. The summed E-state index contributed by atoms with van der Waals surface area (Å²) in [6, 6.07) is 6.27. The summed E-state index contributed by atoms with van der Waals surface area (Å²) in [6.07, 6.45) is 1.92. The maximum atomic E-state index is 12.1. The van der Waals surface area contributed by atoms with Crippen molar-refractivity contribution in [3.8, 4) is 5.75 Å². The highest BCUT2D eigenvalue weighted by molar-refractivity contribution is 5.76. The van der Waals surface area contributed by atoms with Crippen LogP contribution in [0.25, 0.3) is 0 Å². The van der Waals surface area contributed by atoms with Crippen LogP contribution in [0.4, 0.5) is 5.69 Å². The van der Waals surface area contributed by atoms with Gasteiger partial charge in [0.05, 0.1) is 11.5 Å². The molecule has 7 nitrogen and oxygen atoms in total. The van der Waals surface area contributed by atoms with E-state index in [1.165, 1.54) is 6.07 Å². The number of benzene rings is 1. The van der Waals surface area contributed by atoms with Crippen LogP contribution in [-0.4, -0.2) is 48.5 Å². The van der Waals surface area contributed by atoms with Gasteiger partial charge in [-0.3, -0.25) is 14.9 Å². The number of nitro benzene ring substituents is 1. The van der Waals surface area contributed by atoms with E-state index in [0.29, 0.717) is 19.4 Å². The molecular weight excluding hydrogens is 286 g/mol. The van der Waals surface area contributed by atoms with Crippen LogP contribution in [0.1, 0.15) is 19.3 Å². The van der Waals surface area contributed by atoms with Crippen molar-refractivity contribution < 1.29 is 14.5 Å². The number of hydrogen-bond acceptors (Lipinski definition) is 5. The molecule has 0 aromatic heterocycles. The fraction of sp³-hybridized carbons (Fsp3) is 0.533. The Morgan fingerprint density at radius 3 is 2.95 bits per heavy atom. The van der Waals surface area contributed by atoms with Crippen LogP contribution < -0.4 is 10.1 Å². The molecule has 22 heavy (non-hydrogen) atoms. The van der Waals surface area contributed by atoms with Gasteiger partial charge in [-0.2, -0.15) is 0 Å². The maximum absolute atomic E-state index is 12.1. The summed E-state index contributed by atoms with van der Waals surface area (Å²) >= 11 is 0. The van der Waals surface area contributed by atoms with Gasteiger partial charge in [-0.15, -0.1) is 0 Å². The molecule has 0 atom stereocenters. The van der Waals surface area contributed by atoms with E-state index in [9.17, 15) is 14.9 Å². The van der Waals surface area contributed by atoms with Crippen LogP contribution in [0, 0.1) is 10.1 Å². The van der Waals surface area contributed by atoms with Gasteiger partial charge in [0.15, 0.2) is 5.75 Å². The Morgan fingerprint density at radius 2 is 2.14 bits per heavy atom. The van der Waals surface area contributed by atoms with Crippen molar-refractivity contribution >= 4 is 11.6 Å². The number of nitro groups is 1. The summed E-state index contributed by atoms with van der Waals surface area (Å²) in [6.45, 7) is 3.60. The fourth-order valence-electron chi connectivity index (χ4n) is 2.39. The average molecular weight is 307 g/mol. The van der Waals surface area contributed by atoms with Crippen molar-refractivity contribution in [2.24, 2.45) is 0 Å². The van der Waals surface area contributed by atoms with E-state index >= 15 is 0 Å². The number of carbonyl (C=O) groups excluding carboxylic acids is 1. The van der Waals surface area contributed by atoms with Crippen LogP contribution in [0.5, 0.6) is 5.75 Å². The van der Waals surface area contributed by atoms with Gasteiger partial charge in [-0.05, 0) is 25.5 Å². The van der Waals surface area contributed by atoms with Crippen molar-refractivity contribution in [1.29, 1.82) is 0 Å². The molecule has 0 spiro atoms. The van der Waals surface area contributed by atoms with Gasteiger partial charge >= 0.3 is 5.69 Å². The summed E-state index contributed by atoms with van der Waals surface area (Å²) < 4.78 is 5.44. The van der Waals surface area contributed by atoms with E-state index in [2.05, 4.69) is 5.32 Å². The topological polar surface area (TPSA) is 84.7 Å². The SMILES string of the molecule is O=C(CCCOc1ccccc1[N+](=O)[O-])N1CCCNCC1. The van der Waals surface area contributed by atoms with Crippen LogP contribution in [0.15, 0.2) is 24.3 Å². The molecule has 1 aliphatic rings. The number of amides is 1. The summed E-state index contributed by atoms with van der Waals surface area (Å²) in [5, 5.41) is 14.1. The van der Waals surface area contributed by atoms with E-state index in [0.717, 1.165) is 32.6 Å². The van der Waals surface area contributed by atoms with Crippen molar-refractivity contribution in [1.82, 2.24) is 10.2 Å². The first-order valence-corrected chi connectivity index (χ1v) is 7.53. The molecule has 1 heterocycles. The Morgan fingerprint density at radius 1 is 1.32 bits per heavy atom. The third-order valence-electron chi connectivity index (χ3n) is 3.55. The van der Waals surface area contributed by atoms with Crippen LogP contribution in [0.2, 0.25) is 0 Å². The van der Waals surface area contributed by atoms with Gasteiger partial charge in [0.2, 0.25) is 5.91 Å². The molecule has 1 amide bonds. The van der Waals surface area contributed by atoms with E-state index in [-0.39, 0.29) is 17.3 Å². The first kappa shape index (κ1) is 16.2. The molecule has 0 bridgehead atoms. The van der Waals surface area contributed by atoms with Gasteiger partial charge in [0, 0.05) is 32.1 Å². The lowest BCUT2D eigenvalue weighted by Gasteiger charge is -2.19. The zero-order chi connectivity index (χ0) is 15.8. The monoisotopic (exact) mass is 307 g/mol. The van der Waals surface area contributed by atoms with Crippen molar-refractivity contribution in [2.75, 3.05) is 32.8 Å². The van der Waals surface area contributed by atoms with Crippen LogP contribution in [-0.2, 0) is 4.79 Å². The molecule has 0 radical (unpaired) electrons. The maximum Gasteiger partial charge on any atom is 0.310 e. The lowest BCUT2D eigenvalue weighted by molar-refractivity contribution is -0.385. The number of nitrogens with zero attached hydrogens (tertiary/aromatic N) is 2. The van der Waals surface area contributed by atoms with Crippen LogP contribution in [0.3, 0.4) is 0 Å². The average Bonchev–Trinajstić information content (AvgIpc) is 2.81. The summed E-state index contributed by atoms with van der Waals surface area (Å²) in [4.78, 5) is 24.3. The van der Waals surface area contributed by atoms with Gasteiger partial charge in [0.1, 0.15) is 0 Å². The van der Waals surface area contributed by atoms with E-state index in [4.69, 9.17) is 4.74 Å². The van der Waals surface area contributed by atoms with E-state index in [1.807, 2.05) is 4.90 Å². The number of carbonyl (C=O) groups is 1. The van der Waals surface area contributed by atoms with Gasteiger partial charge in [0.25, 0.3) is 0 Å². The molecule has 1 saturated heterocycles. The minimum Gasteiger partial charge on any atom is -0.487 e. The highest BCUT2D eigenvalue weighted by atomic mass is 16.6. The molecule has 1 N–H and O–H groups in total. The number of hydrogen-bond donors (Lipinski definition) is 1. The molecule has 0 aliphatic carbocycles. The highest BCUT2D eigenvalue weighted by Crippen LogP contribution is 2.25. The molecule has 0 saturated carbocycles. The van der Waals surface area contributed by atoms with Crippen LogP contribution >= 0.6 is 0 Å². The normalized spacial score (nSPS) is 15.2. The Bertz CT molecular complexity index is 513. The summed E-state index contributed by atoms with van der Waals surface area (Å²) in [7, 11) is 0. The second-order valence-electron chi connectivity index (χ2n) is 5.16. The van der Waals surface area contributed by atoms with Crippen molar-refractivity contribution in [2.45, 2.75) is 19.3 Å². The fourth-order valence-corrected chi connectivity index (χ4v) is 2.39. The lowest BCUT2D eigenvalue weighted by atomic mass is 10.2.